The van der Waals surface area contributed by atoms with Crippen LogP contribution in [-0.4, -0.2) is 19.3 Å². The zero-order valence-electron chi connectivity index (χ0n) is 11.3. The maximum atomic E-state index is 6.00. The van der Waals surface area contributed by atoms with Gasteiger partial charge in [-0.3, -0.25) is 0 Å². The summed E-state index contributed by atoms with van der Waals surface area (Å²) in [6, 6.07) is 8.17. The number of benzene rings is 1. The van der Waals surface area contributed by atoms with Crippen molar-refractivity contribution in [1.29, 1.82) is 0 Å². The van der Waals surface area contributed by atoms with Crippen LogP contribution < -0.4 is 10.5 Å². The molecule has 1 aliphatic carbocycles. The average Bonchev–Trinajstić information content (AvgIpc) is 2.39. The summed E-state index contributed by atoms with van der Waals surface area (Å²) in [4.78, 5) is 0. The molecule has 1 fully saturated rings. The predicted molar refractivity (Wildman–Crippen MR) is 72.7 cm³/mol. The molecule has 2 N–H and O–H groups in total. The van der Waals surface area contributed by atoms with E-state index in [2.05, 4.69) is 0 Å². The molecule has 18 heavy (non-hydrogen) atoms. The van der Waals surface area contributed by atoms with Crippen LogP contribution >= 0.6 is 0 Å². The van der Waals surface area contributed by atoms with Crippen molar-refractivity contribution in [2.24, 2.45) is 5.73 Å². The zero-order valence-corrected chi connectivity index (χ0v) is 11.3. The molecule has 100 valence electrons. The van der Waals surface area contributed by atoms with E-state index in [0.717, 1.165) is 30.6 Å². The molecule has 3 heteroatoms. The summed E-state index contributed by atoms with van der Waals surface area (Å²) in [7, 11) is 1.78. The highest BCUT2D eigenvalue weighted by Crippen LogP contribution is 2.25. The van der Waals surface area contributed by atoms with Crippen LogP contribution in [0.5, 0.6) is 5.75 Å². The Morgan fingerprint density at radius 3 is 2.44 bits per heavy atom. The smallest absolute Gasteiger partial charge is 0.119 e. The van der Waals surface area contributed by atoms with Gasteiger partial charge in [0.25, 0.3) is 0 Å². The molecular formula is C15H23NO2. The molecule has 2 unspecified atom stereocenters. The van der Waals surface area contributed by atoms with Crippen molar-refractivity contribution in [3.8, 4) is 5.75 Å². The van der Waals surface area contributed by atoms with Crippen LogP contribution in [0.1, 0.15) is 44.2 Å². The van der Waals surface area contributed by atoms with Crippen LogP contribution in [0, 0.1) is 0 Å². The quantitative estimate of drug-likeness (QED) is 0.892. The second-order valence-electron chi connectivity index (χ2n) is 5.12. The summed E-state index contributed by atoms with van der Waals surface area (Å²) >= 11 is 0. The summed E-state index contributed by atoms with van der Waals surface area (Å²) in [5.41, 5.74) is 6.97. The van der Waals surface area contributed by atoms with E-state index in [0.29, 0.717) is 6.10 Å². The molecule has 3 atom stereocenters. The third kappa shape index (κ3) is 3.47. The highest BCUT2D eigenvalue weighted by atomic mass is 16.5. The van der Waals surface area contributed by atoms with Crippen molar-refractivity contribution in [3.05, 3.63) is 29.8 Å². The number of methoxy groups -OCH3 is 1. The summed E-state index contributed by atoms with van der Waals surface area (Å²) in [6.07, 6.45) is 5.08. The lowest BCUT2D eigenvalue weighted by atomic mass is 9.95. The highest BCUT2D eigenvalue weighted by Gasteiger charge is 2.22. The molecule has 0 bridgehead atoms. The molecule has 0 amide bonds. The maximum absolute atomic E-state index is 6.00. The van der Waals surface area contributed by atoms with Gasteiger partial charge >= 0.3 is 0 Å². The van der Waals surface area contributed by atoms with Crippen LogP contribution in [0.4, 0.5) is 0 Å². The molecular weight excluding hydrogens is 226 g/mol. The van der Waals surface area contributed by atoms with E-state index in [-0.39, 0.29) is 12.1 Å². The molecule has 0 radical (unpaired) electrons. The van der Waals surface area contributed by atoms with E-state index in [1.54, 1.807) is 7.11 Å². The summed E-state index contributed by atoms with van der Waals surface area (Å²) in [5.74, 6) is 0.932. The van der Waals surface area contributed by atoms with Gasteiger partial charge in [-0.25, -0.2) is 0 Å². The lowest BCUT2D eigenvalue weighted by Gasteiger charge is -2.28. The number of hydrogen-bond acceptors (Lipinski definition) is 3. The first kappa shape index (κ1) is 13.4. The van der Waals surface area contributed by atoms with Crippen molar-refractivity contribution in [2.75, 3.05) is 7.11 Å². The Morgan fingerprint density at radius 1 is 1.17 bits per heavy atom. The SMILES string of the molecule is COC1CCCC(Oc2ccc([C@H](C)N)cc2)C1. The van der Waals surface area contributed by atoms with E-state index in [1.807, 2.05) is 31.2 Å². The molecule has 0 saturated heterocycles. The monoisotopic (exact) mass is 249 g/mol. The maximum Gasteiger partial charge on any atom is 0.119 e. The van der Waals surface area contributed by atoms with E-state index >= 15 is 0 Å². The van der Waals surface area contributed by atoms with Crippen LogP contribution in [0.2, 0.25) is 0 Å². The third-order valence-electron chi connectivity index (χ3n) is 3.62. The minimum absolute atomic E-state index is 0.0756. The Bertz CT molecular complexity index is 361. The number of ether oxygens (including phenoxy) is 2. The highest BCUT2D eigenvalue weighted by molar-refractivity contribution is 5.28. The van der Waals surface area contributed by atoms with E-state index in [9.17, 15) is 0 Å². The predicted octanol–water partition coefficient (Wildman–Crippen LogP) is 3.04. The van der Waals surface area contributed by atoms with Gasteiger partial charge in [-0.2, -0.15) is 0 Å². The molecule has 1 saturated carbocycles. The van der Waals surface area contributed by atoms with Gasteiger partial charge in [-0.15, -0.1) is 0 Å². The Morgan fingerprint density at radius 2 is 1.83 bits per heavy atom. The zero-order chi connectivity index (χ0) is 13.0. The van der Waals surface area contributed by atoms with Gasteiger partial charge in [-0.05, 0) is 43.9 Å². The average molecular weight is 249 g/mol. The summed E-state index contributed by atoms with van der Waals surface area (Å²) < 4.78 is 11.4. The summed E-state index contributed by atoms with van der Waals surface area (Å²) in [5, 5.41) is 0. The molecule has 1 aromatic rings. The Kier molecular flexibility index (Phi) is 4.61. The Balaban J connectivity index is 1.92. The lowest BCUT2D eigenvalue weighted by Crippen LogP contribution is -2.29. The first-order valence-corrected chi connectivity index (χ1v) is 6.74. The van der Waals surface area contributed by atoms with Crippen LogP contribution in [0.15, 0.2) is 24.3 Å². The third-order valence-corrected chi connectivity index (χ3v) is 3.62. The van der Waals surface area contributed by atoms with Gasteiger partial charge in [0.05, 0.1) is 6.10 Å². The molecule has 0 aromatic heterocycles. The number of nitrogens with two attached hydrogens (primary N) is 1. The molecule has 0 spiro atoms. The molecule has 2 rings (SSSR count). The van der Waals surface area contributed by atoms with Gasteiger partial charge in [0.2, 0.25) is 0 Å². The fraction of sp³-hybridized carbons (Fsp3) is 0.600. The van der Waals surface area contributed by atoms with Gasteiger partial charge in [0, 0.05) is 19.6 Å². The Labute approximate surface area is 109 Å². The van der Waals surface area contributed by atoms with Gasteiger partial charge in [-0.1, -0.05) is 12.1 Å². The first-order chi connectivity index (χ1) is 8.69. The molecule has 1 aliphatic rings. The van der Waals surface area contributed by atoms with E-state index in [4.69, 9.17) is 15.2 Å². The summed E-state index contributed by atoms with van der Waals surface area (Å²) in [6.45, 7) is 1.99. The fourth-order valence-corrected chi connectivity index (χ4v) is 2.47. The molecule has 1 aromatic carbocycles. The second-order valence-corrected chi connectivity index (χ2v) is 5.12. The van der Waals surface area contributed by atoms with E-state index in [1.165, 1.54) is 6.42 Å². The fourth-order valence-electron chi connectivity index (χ4n) is 2.47. The van der Waals surface area contributed by atoms with Crippen LogP contribution in [0.3, 0.4) is 0 Å². The molecule has 3 nitrogen and oxygen atoms in total. The van der Waals surface area contributed by atoms with Crippen molar-refractivity contribution >= 4 is 0 Å². The van der Waals surface area contributed by atoms with Crippen molar-refractivity contribution < 1.29 is 9.47 Å². The number of hydrogen-bond donors (Lipinski definition) is 1. The topological polar surface area (TPSA) is 44.5 Å². The van der Waals surface area contributed by atoms with Gasteiger partial charge < -0.3 is 15.2 Å². The molecule has 0 aliphatic heterocycles. The van der Waals surface area contributed by atoms with E-state index < -0.39 is 0 Å². The van der Waals surface area contributed by atoms with Crippen molar-refractivity contribution in [3.63, 3.8) is 0 Å². The first-order valence-electron chi connectivity index (χ1n) is 6.74. The van der Waals surface area contributed by atoms with Crippen molar-refractivity contribution in [2.45, 2.75) is 50.9 Å². The molecule has 0 heterocycles. The standard InChI is InChI=1S/C15H23NO2/c1-11(16)12-6-8-13(9-7-12)18-15-5-3-4-14(10-15)17-2/h6-9,11,14-15H,3-5,10,16H2,1-2H3/t11-,14?,15?/m0/s1. The largest absolute Gasteiger partial charge is 0.490 e. The number of rotatable bonds is 4. The minimum Gasteiger partial charge on any atom is -0.490 e. The minimum atomic E-state index is 0.0756. The second kappa shape index (κ2) is 6.21. The van der Waals surface area contributed by atoms with Crippen LogP contribution in [-0.2, 0) is 4.74 Å². The Hall–Kier alpha value is -1.06. The van der Waals surface area contributed by atoms with Gasteiger partial charge in [0.1, 0.15) is 11.9 Å². The lowest BCUT2D eigenvalue weighted by molar-refractivity contribution is 0.0209. The van der Waals surface area contributed by atoms with Crippen molar-refractivity contribution in [1.82, 2.24) is 0 Å². The van der Waals surface area contributed by atoms with Crippen LogP contribution in [0.25, 0.3) is 0 Å². The van der Waals surface area contributed by atoms with Gasteiger partial charge in [0.15, 0.2) is 0 Å². The normalized spacial score (nSPS) is 25.7.